The third kappa shape index (κ3) is 1.95. The number of carbonyl (C=O) groups excluding carboxylic acids is 1. The topological polar surface area (TPSA) is 60.9 Å². The van der Waals surface area contributed by atoms with Gasteiger partial charge in [0.2, 0.25) is 5.78 Å². The van der Waals surface area contributed by atoms with Gasteiger partial charge < -0.3 is 10.3 Å². The molecule has 2 atom stereocenters. The number of imidazole rings is 1. The van der Waals surface area contributed by atoms with E-state index in [1.807, 2.05) is 13.8 Å². The van der Waals surface area contributed by atoms with Crippen molar-refractivity contribution >= 4 is 5.78 Å². The smallest absolute Gasteiger partial charge is 0.202 e. The predicted octanol–water partition coefficient (Wildman–Crippen LogP) is 0.586. The predicted molar refractivity (Wildman–Crippen MR) is 50.4 cm³/mol. The number of ketones is 1. The van der Waals surface area contributed by atoms with Crippen molar-refractivity contribution in [2.45, 2.75) is 19.9 Å². The molecule has 0 aliphatic rings. The van der Waals surface area contributed by atoms with Crippen LogP contribution in [0.15, 0.2) is 12.4 Å². The summed E-state index contributed by atoms with van der Waals surface area (Å²) in [5, 5.41) is 0. The Balaban J connectivity index is 2.86. The van der Waals surface area contributed by atoms with Crippen LogP contribution in [0.3, 0.4) is 0 Å². The summed E-state index contributed by atoms with van der Waals surface area (Å²) in [6.45, 7) is 3.65. The third-order valence-electron chi connectivity index (χ3n) is 2.24. The highest BCUT2D eigenvalue weighted by Crippen LogP contribution is 2.08. The van der Waals surface area contributed by atoms with Gasteiger partial charge in [0.05, 0.1) is 0 Å². The lowest BCUT2D eigenvalue weighted by Crippen LogP contribution is -2.31. The number of carbonyl (C=O) groups is 1. The van der Waals surface area contributed by atoms with Crippen molar-refractivity contribution in [2.75, 3.05) is 0 Å². The molecule has 0 fully saturated rings. The molecule has 0 spiro atoms. The van der Waals surface area contributed by atoms with E-state index in [1.54, 1.807) is 24.0 Å². The number of rotatable bonds is 3. The second kappa shape index (κ2) is 3.70. The minimum absolute atomic E-state index is 0.00231. The van der Waals surface area contributed by atoms with Gasteiger partial charge in [0, 0.05) is 31.4 Å². The quantitative estimate of drug-likeness (QED) is 0.694. The first-order valence-electron chi connectivity index (χ1n) is 4.31. The van der Waals surface area contributed by atoms with Crippen molar-refractivity contribution in [2.24, 2.45) is 18.7 Å². The third-order valence-corrected chi connectivity index (χ3v) is 2.24. The lowest BCUT2D eigenvalue weighted by atomic mass is 9.99. The molecular weight excluding hydrogens is 166 g/mol. The van der Waals surface area contributed by atoms with E-state index < -0.39 is 0 Å². The number of aromatic nitrogens is 2. The molecule has 1 aromatic heterocycles. The van der Waals surface area contributed by atoms with Crippen LogP contribution in [-0.4, -0.2) is 21.4 Å². The normalized spacial score (nSPS) is 15.4. The van der Waals surface area contributed by atoms with Gasteiger partial charge in [0.1, 0.15) is 0 Å². The molecular formula is C9H15N3O. The summed E-state index contributed by atoms with van der Waals surface area (Å²) in [5.41, 5.74) is 5.64. The van der Waals surface area contributed by atoms with Gasteiger partial charge in [-0.05, 0) is 6.92 Å². The van der Waals surface area contributed by atoms with Gasteiger partial charge in [-0.25, -0.2) is 4.98 Å². The molecule has 0 saturated carbocycles. The SMILES string of the molecule is CC(N)C(C)C(=O)c1nccn1C. The Kier molecular flexibility index (Phi) is 2.83. The molecule has 2 N–H and O–H groups in total. The molecule has 0 aliphatic carbocycles. The number of nitrogens with two attached hydrogens (primary N) is 1. The molecule has 1 aromatic rings. The fourth-order valence-corrected chi connectivity index (χ4v) is 1.05. The molecule has 4 nitrogen and oxygen atoms in total. The molecule has 1 heterocycles. The number of Topliss-reactive ketones (excluding diaryl/α,β-unsaturated/α-hetero) is 1. The zero-order valence-electron chi connectivity index (χ0n) is 8.19. The lowest BCUT2D eigenvalue weighted by Gasteiger charge is -2.13. The van der Waals surface area contributed by atoms with Crippen LogP contribution in [0.1, 0.15) is 24.5 Å². The van der Waals surface area contributed by atoms with Gasteiger partial charge >= 0.3 is 0 Å². The highest BCUT2D eigenvalue weighted by molar-refractivity contribution is 5.94. The van der Waals surface area contributed by atoms with Crippen molar-refractivity contribution < 1.29 is 4.79 Å². The molecule has 2 unspecified atom stereocenters. The van der Waals surface area contributed by atoms with Crippen LogP contribution >= 0.6 is 0 Å². The van der Waals surface area contributed by atoms with Crippen LogP contribution in [-0.2, 0) is 7.05 Å². The summed E-state index contributed by atoms with van der Waals surface area (Å²) >= 11 is 0. The summed E-state index contributed by atoms with van der Waals surface area (Å²) in [5.74, 6) is 0.299. The van der Waals surface area contributed by atoms with E-state index in [9.17, 15) is 4.79 Å². The van der Waals surface area contributed by atoms with Gasteiger partial charge in [-0.3, -0.25) is 4.79 Å². The highest BCUT2D eigenvalue weighted by Gasteiger charge is 2.21. The maximum atomic E-state index is 11.7. The Bertz CT molecular complexity index is 304. The van der Waals surface area contributed by atoms with Crippen molar-refractivity contribution in [1.82, 2.24) is 9.55 Å². The molecule has 0 bridgehead atoms. The summed E-state index contributed by atoms with van der Waals surface area (Å²) in [6.07, 6.45) is 3.36. The second-order valence-corrected chi connectivity index (χ2v) is 3.37. The van der Waals surface area contributed by atoms with E-state index >= 15 is 0 Å². The number of hydrogen-bond acceptors (Lipinski definition) is 3. The van der Waals surface area contributed by atoms with Crippen molar-refractivity contribution in [3.8, 4) is 0 Å². The largest absolute Gasteiger partial charge is 0.332 e. The Hall–Kier alpha value is -1.16. The number of aryl methyl sites for hydroxylation is 1. The molecule has 0 aliphatic heterocycles. The van der Waals surface area contributed by atoms with Crippen LogP contribution in [0.2, 0.25) is 0 Å². The van der Waals surface area contributed by atoms with E-state index in [2.05, 4.69) is 4.98 Å². The zero-order chi connectivity index (χ0) is 10.0. The van der Waals surface area contributed by atoms with Crippen molar-refractivity contribution in [3.05, 3.63) is 18.2 Å². The molecule has 13 heavy (non-hydrogen) atoms. The lowest BCUT2D eigenvalue weighted by molar-refractivity contribution is 0.0903. The summed E-state index contributed by atoms with van der Waals surface area (Å²) in [6, 6.07) is -0.135. The molecule has 72 valence electrons. The Labute approximate surface area is 77.8 Å². The highest BCUT2D eigenvalue weighted by atomic mass is 16.1. The average Bonchev–Trinajstić information content (AvgIpc) is 2.48. The van der Waals surface area contributed by atoms with Crippen molar-refractivity contribution in [3.63, 3.8) is 0 Å². The van der Waals surface area contributed by atoms with Crippen molar-refractivity contribution in [1.29, 1.82) is 0 Å². The summed E-state index contributed by atoms with van der Waals surface area (Å²) in [4.78, 5) is 15.7. The van der Waals surface area contributed by atoms with E-state index in [-0.39, 0.29) is 17.7 Å². The maximum Gasteiger partial charge on any atom is 0.202 e. The number of nitrogens with zero attached hydrogens (tertiary/aromatic N) is 2. The molecule has 0 amide bonds. The van der Waals surface area contributed by atoms with Gasteiger partial charge in [-0.1, -0.05) is 6.92 Å². The van der Waals surface area contributed by atoms with Gasteiger partial charge in [-0.2, -0.15) is 0 Å². The maximum absolute atomic E-state index is 11.7. The minimum atomic E-state index is -0.180. The second-order valence-electron chi connectivity index (χ2n) is 3.37. The van der Waals surface area contributed by atoms with Crippen LogP contribution < -0.4 is 5.73 Å². The molecule has 0 radical (unpaired) electrons. The standard InChI is InChI=1S/C9H15N3O/c1-6(7(2)10)8(13)9-11-4-5-12(9)3/h4-7H,10H2,1-3H3. The Morgan fingerprint density at radius 3 is 2.62 bits per heavy atom. The van der Waals surface area contributed by atoms with Crippen LogP contribution in [0.5, 0.6) is 0 Å². The first kappa shape index (κ1) is 9.92. The first-order valence-corrected chi connectivity index (χ1v) is 4.31. The monoisotopic (exact) mass is 181 g/mol. The molecule has 0 saturated heterocycles. The van der Waals surface area contributed by atoms with E-state index in [4.69, 9.17) is 5.73 Å². The molecule has 0 aromatic carbocycles. The van der Waals surface area contributed by atoms with Gasteiger partial charge in [-0.15, -0.1) is 0 Å². The first-order chi connectivity index (χ1) is 6.04. The van der Waals surface area contributed by atoms with Gasteiger partial charge in [0.15, 0.2) is 5.82 Å². The van der Waals surface area contributed by atoms with E-state index in [0.717, 1.165) is 0 Å². The minimum Gasteiger partial charge on any atom is -0.332 e. The fourth-order valence-electron chi connectivity index (χ4n) is 1.05. The molecule has 1 rings (SSSR count). The summed E-state index contributed by atoms with van der Waals surface area (Å²) < 4.78 is 1.71. The fraction of sp³-hybridized carbons (Fsp3) is 0.556. The van der Waals surface area contributed by atoms with Gasteiger partial charge in [0.25, 0.3) is 0 Å². The average molecular weight is 181 g/mol. The summed E-state index contributed by atoms with van der Waals surface area (Å²) in [7, 11) is 1.80. The van der Waals surface area contributed by atoms with E-state index in [0.29, 0.717) is 5.82 Å². The van der Waals surface area contributed by atoms with Crippen LogP contribution in [0.25, 0.3) is 0 Å². The Morgan fingerprint density at radius 1 is 1.62 bits per heavy atom. The van der Waals surface area contributed by atoms with Crippen LogP contribution in [0.4, 0.5) is 0 Å². The van der Waals surface area contributed by atoms with Crippen LogP contribution in [0, 0.1) is 5.92 Å². The Morgan fingerprint density at radius 2 is 2.23 bits per heavy atom. The zero-order valence-corrected chi connectivity index (χ0v) is 8.19. The molecule has 4 heteroatoms. The number of hydrogen-bond donors (Lipinski definition) is 1. The van der Waals surface area contributed by atoms with E-state index in [1.165, 1.54) is 0 Å².